The zero-order valence-corrected chi connectivity index (χ0v) is 16.3. The van der Waals surface area contributed by atoms with Crippen LogP contribution in [0.25, 0.3) is 0 Å². The number of hydrogen-bond donors (Lipinski definition) is 2. The van der Waals surface area contributed by atoms with Crippen LogP contribution in [0.2, 0.25) is 0 Å². The minimum absolute atomic E-state index is 0.322. The highest BCUT2D eigenvalue weighted by Crippen LogP contribution is 2.38. The van der Waals surface area contributed by atoms with Gasteiger partial charge >= 0.3 is 0 Å². The topological polar surface area (TPSA) is 81.4 Å². The van der Waals surface area contributed by atoms with E-state index in [1.807, 2.05) is 0 Å². The number of carbonyl (C=O) groups excluding carboxylic acids is 2. The van der Waals surface area contributed by atoms with Crippen LogP contribution < -0.4 is 15.8 Å². The SMILES string of the molecule is COc1ccc(Br)cc1C(=O)Nc1sc2c(c1C(N)=O)CCCCC2. The fourth-order valence-corrected chi connectivity index (χ4v) is 4.77. The van der Waals surface area contributed by atoms with Gasteiger partial charge in [-0.2, -0.15) is 0 Å². The van der Waals surface area contributed by atoms with E-state index in [0.717, 1.165) is 47.0 Å². The van der Waals surface area contributed by atoms with Crippen molar-refractivity contribution in [3.05, 3.63) is 44.2 Å². The predicted molar refractivity (Wildman–Crippen MR) is 103 cm³/mol. The highest BCUT2D eigenvalue weighted by Gasteiger charge is 2.25. The van der Waals surface area contributed by atoms with Crippen LogP contribution in [0.5, 0.6) is 5.75 Å². The molecule has 0 spiro atoms. The van der Waals surface area contributed by atoms with Gasteiger partial charge in [0.25, 0.3) is 11.8 Å². The van der Waals surface area contributed by atoms with Crippen LogP contribution in [0.4, 0.5) is 5.00 Å². The van der Waals surface area contributed by atoms with Crippen LogP contribution in [0, 0.1) is 0 Å². The first-order valence-corrected chi connectivity index (χ1v) is 9.71. The van der Waals surface area contributed by atoms with Crippen molar-refractivity contribution in [2.75, 3.05) is 12.4 Å². The van der Waals surface area contributed by atoms with Crippen molar-refractivity contribution >= 4 is 44.1 Å². The van der Waals surface area contributed by atoms with E-state index >= 15 is 0 Å². The molecule has 1 aromatic carbocycles. The first-order valence-electron chi connectivity index (χ1n) is 8.10. The van der Waals surface area contributed by atoms with Crippen molar-refractivity contribution in [2.45, 2.75) is 32.1 Å². The summed E-state index contributed by atoms with van der Waals surface area (Å²) in [6.07, 6.45) is 5.04. The number of aryl methyl sites for hydroxylation is 1. The van der Waals surface area contributed by atoms with Gasteiger partial charge in [0.05, 0.1) is 18.2 Å². The molecule has 0 bridgehead atoms. The van der Waals surface area contributed by atoms with Gasteiger partial charge in [-0.3, -0.25) is 9.59 Å². The third-order valence-electron chi connectivity index (χ3n) is 4.30. The molecule has 0 radical (unpaired) electrons. The number of ether oxygens (including phenoxy) is 1. The number of halogens is 1. The average molecular weight is 423 g/mol. The molecule has 2 amide bonds. The largest absolute Gasteiger partial charge is 0.496 e. The second kappa shape index (κ2) is 7.58. The summed E-state index contributed by atoms with van der Waals surface area (Å²) in [7, 11) is 1.52. The molecular formula is C18H19BrN2O3S. The number of rotatable bonds is 4. The molecule has 132 valence electrons. The number of benzene rings is 1. The van der Waals surface area contributed by atoms with Gasteiger partial charge in [0, 0.05) is 9.35 Å². The molecule has 1 aliphatic carbocycles. The molecule has 3 N–H and O–H groups in total. The molecule has 25 heavy (non-hydrogen) atoms. The van der Waals surface area contributed by atoms with Gasteiger partial charge in [-0.15, -0.1) is 11.3 Å². The Morgan fingerprint density at radius 2 is 2.00 bits per heavy atom. The van der Waals surface area contributed by atoms with E-state index in [1.165, 1.54) is 18.4 Å². The predicted octanol–water partition coefficient (Wildman–Crippen LogP) is 4.14. The summed E-state index contributed by atoms with van der Waals surface area (Å²) in [5.74, 6) is -0.340. The lowest BCUT2D eigenvalue weighted by atomic mass is 10.1. The molecular weight excluding hydrogens is 404 g/mol. The van der Waals surface area contributed by atoms with E-state index in [4.69, 9.17) is 10.5 Å². The quantitative estimate of drug-likeness (QED) is 0.726. The number of fused-ring (bicyclic) bond motifs is 1. The molecule has 5 nitrogen and oxygen atoms in total. The second-order valence-electron chi connectivity index (χ2n) is 5.93. The molecule has 0 saturated carbocycles. The highest BCUT2D eigenvalue weighted by atomic mass is 79.9. The molecule has 0 unspecified atom stereocenters. The van der Waals surface area contributed by atoms with Crippen molar-refractivity contribution < 1.29 is 14.3 Å². The molecule has 7 heteroatoms. The first-order chi connectivity index (χ1) is 12.0. The molecule has 0 saturated heterocycles. The number of methoxy groups -OCH3 is 1. The molecule has 2 aromatic rings. The summed E-state index contributed by atoms with van der Waals surface area (Å²) in [4.78, 5) is 25.9. The molecule has 3 rings (SSSR count). The molecule has 0 aliphatic heterocycles. The number of thiophene rings is 1. The van der Waals surface area contributed by atoms with Crippen LogP contribution in [0.15, 0.2) is 22.7 Å². The summed E-state index contributed by atoms with van der Waals surface area (Å²) < 4.78 is 6.04. The van der Waals surface area contributed by atoms with Gasteiger partial charge in [0.2, 0.25) is 0 Å². The van der Waals surface area contributed by atoms with Gasteiger partial charge in [0.1, 0.15) is 10.8 Å². The minimum atomic E-state index is -0.490. The fourth-order valence-electron chi connectivity index (χ4n) is 3.12. The lowest BCUT2D eigenvalue weighted by Gasteiger charge is -2.10. The molecule has 0 atom stereocenters. The van der Waals surface area contributed by atoms with Gasteiger partial charge in [-0.05, 0) is 49.4 Å². The van der Waals surface area contributed by atoms with Crippen LogP contribution in [0.1, 0.15) is 50.4 Å². The minimum Gasteiger partial charge on any atom is -0.496 e. The second-order valence-corrected chi connectivity index (χ2v) is 7.95. The summed E-state index contributed by atoms with van der Waals surface area (Å²) in [5, 5.41) is 3.40. The smallest absolute Gasteiger partial charge is 0.260 e. The monoisotopic (exact) mass is 422 g/mol. The number of amides is 2. The van der Waals surface area contributed by atoms with Crippen LogP contribution in [0.3, 0.4) is 0 Å². The maximum atomic E-state index is 12.7. The van der Waals surface area contributed by atoms with E-state index in [2.05, 4.69) is 21.2 Å². The van der Waals surface area contributed by atoms with Crippen molar-refractivity contribution in [3.63, 3.8) is 0 Å². The lowest BCUT2D eigenvalue weighted by Crippen LogP contribution is -2.18. The van der Waals surface area contributed by atoms with Crippen LogP contribution in [-0.4, -0.2) is 18.9 Å². The van der Waals surface area contributed by atoms with Crippen molar-refractivity contribution in [1.82, 2.24) is 0 Å². The Kier molecular flexibility index (Phi) is 5.44. The van der Waals surface area contributed by atoms with Gasteiger partial charge in [-0.25, -0.2) is 0 Å². The van der Waals surface area contributed by atoms with E-state index < -0.39 is 5.91 Å². The van der Waals surface area contributed by atoms with Crippen LogP contribution >= 0.6 is 27.3 Å². The first kappa shape index (κ1) is 17.9. The Balaban J connectivity index is 1.97. The lowest BCUT2D eigenvalue weighted by molar-refractivity contribution is 0.100. The molecule has 1 heterocycles. The maximum absolute atomic E-state index is 12.7. The fraction of sp³-hybridized carbons (Fsp3) is 0.333. The third kappa shape index (κ3) is 3.72. The highest BCUT2D eigenvalue weighted by molar-refractivity contribution is 9.10. The number of anilines is 1. The van der Waals surface area contributed by atoms with E-state index in [-0.39, 0.29) is 5.91 Å². The summed E-state index contributed by atoms with van der Waals surface area (Å²) >= 11 is 4.82. The normalized spacial score (nSPS) is 13.7. The number of hydrogen-bond acceptors (Lipinski definition) is 4. The number of nitrogens with one attached hydrogen (secondary N) is 1. The van der Waals surface area contributed by atoms with E-state index in [9.17, 15) is 9.59 Å². The maximum Gasteiger partial charge on any atom is 0.260 e. The summed E-state index contributed by atoms with van der Waals surface area (Å²) in [6.45, 7) is 0. The Labute approximate surface area is 158 Å². The van der Waals surface area contributed by atoms with Gasteiger partial charge in [-0.1, -0.05) is 22.4 Å². The number of nitrogens with two attached hydrogens (primary N) is 1. The Bertz CT molecular complexity index is 832. The summed E-state index contributed by atoms with van der Waals surface area (Å²) in [5.41, 5.74) is 7.48. The molecule has 1 aromatic heterocycles. The Hall–Kier alpha value is -1.86. The zero-order valence-electron chi connectivity index (χ0n) is 13.9. The molecule has 0 fully saturated rings. The Morgan fingerprint density at radius 1 is 1.24 bits per heavy atom. The average Bonchev–Trinajstić information content (AvgIpc) is 2.76. The van der Waals surface area contributed by atoms with Crippen molar-refractivity contribution in [3.8, 4) is 5.75 Å². The molecule has 1 aliphatic rings. The van der Waals surface area contributed by atoms with Crippen molar-refractivity contribution in [2.24, 2.45) is 5.73 Å². The number of primary amides is 1. The third-order valence-corrected chi connectivity index (χ3v) is 6.00. The summed E-state index contributed by atoms with van der Waals surface area (Å²) in [6, 6.07) is 5.21. The van der Waals surface area contributed by atoms with E-state index in [1.54, 1.807) is 18.2 Å². The Morgan fingerprint density at radius 3 is 2.72 bits per heavy atom. The zero-order chi connectivity index (χ0) is 18.0. The van der Waals surface area contributed by atoms with E-state index in [0.29, 0.717) is 21.9 Å². The van der Waals surface area contributed by atoms with Gasteiger partial charge in [0.15, 0.2) is 0 Å². The van der Waals surface area contributed by atoms with Crippen LogP contribution in [-0.2, 0) is 12.8 Å². The standard InChI is InChI=1S/C18H19BrN2O3S/c1-24-13-8-7-10(19)9-12(13)17(23)21-18-15(16(20)22)11-5-3-2-4-6-14(11)25-18/h7-9H,2-6H2,1H3,(H2,20,22)(H,21,23). The number of carbonyl (C=O) groups is 2. The van der Waals surface area contributed by atoms with Crippen molar-refractivity contribution in [1.29, 1.82) is 0 Å². The van der Waals surface area contributed by atoms with Gasteiger partial charge < -0.3 is 15.8 Å².